The lowest BCUT2D eigenvalue weighted by Crippen LogP contribution is -2.40. The van der Waals surface area contributed by atoms with E-state index in [0.29, 0.717) is 12.2 Å². The van der Waals surface area contributed by atoms with Gasteiger partial charge < -0.3 is 30.5 Å². The number of H-pyrrole nitrogens is 1. The van der Waals surface area contributed by atoms with E-state index in [9.17, 15) is 24.6 Å². The second-order valence-electron chi connectivity index (χ2n) is 7.00. The first-order chi connectivity index (χ1) is 13.9. The summed E-state index contributed by atoms with van der Waals surface area (Å²) in [5, 5.41) is 33.4. The molecule has 5 N–H and O–H groups in total. The number of aromatic amines is 1. The molecular formula is C19H25FN4O5. The molecule has 0 saturated carbocycles. The van der Waals surface area contributed by atoms with Crippen LogP contribution in [0.2, 0.25) is 0 Å². The van der Waals surface area contributed by atoms with Gasteiger partial charge in [-0.25, -0.2) is 9.18 Å². The third kappa shape index (κ3) is 5.10. The summed E-state index contributed by atoms with van der Waals surface area (Å²) in [5.41, 5.74) is 0.527. The maximum atomic E-state index is 14.0. The first-order valence-electron chi connectivity index (χ1n) is 9.45. The molecule has 0 bridgehead atoms. The van der Waals surface area contributed by atoms with Crippen LogP contribution in [0, 0.1) is 5.82 Å². The van der Waals surface area contributed by atoms with Gasteiger partial charge in [-0.2, -0.15) is 10.0 Å². The Morgan fingerprint density at radius 3 is 2.90 bits per heavy atom. The zero-order valence-corrected chi connectivity index (χ0v) is 16.0. The van der Waals surface area contributed by atoms with Gasteiger partial charge in [0.2, 0.25) is 0 Å². The topological polar surface area (TPSA) is 131 Å². The van der Waals surface area contributed by atoms with E-state index < -0.39 is 29.9 Å². The molecule has 29 heavy (non-hydrogen) atoms. The van der Waals surface area contributed by atoms with E-state index in [2.05, 4.69) is 15.3 Å². The predicted octanol–water partition coefficient (Wildman–Crippen LogP) is 1.35. The van der Waals surface area contributed by atoms with Gasteiger partial charge in [-0.3, -0.25) is 0 Å². The lowest BCUT2D eigenvalue weighted by Gasteiger charge is -2.25. The van der Waals surface area contributed by atoms with Gasteiger partial charge in [0.15, 0.2) is 0 Å². The number of hydroxylamine groups is 2. The standard InChI is InChI=1S/C19H25FN4O5/c1-2-3-11-8-21-19(27)23-18(11)22-17-7-15(16(10-25)29-17)24(28)9-12-4-5-13(26)6-14(12)20/h4-6,8,15-17,25-26,28H,2-3,7,9-10H2,1H3,(H2,21,22,23,27)/t15-,16+,17+/m0/s1. The Hall–Kier alpha value is -2.53. The van der Waals surface area contributed by atoms with Crippen LogP contribution in [0.1, 0.15) is 30.9 Å². The van der Waals surface area contributed by atoms with Crippen molar-refractivity contribution in [2.75, 3.05) is 11.9 Å². The number of aromatic nitrogens is 2. The summed E-state index contributed by atoms with van der Waals surface area (Å²) in [6.07, 6.45) is 2.14. The molecule has 0 spiro atoms. The maximum Gasteiger partial charge on any atom is 0.346 e. The first-order valence-corrected chi connectivity index (χ1v) is 9.45. The first kappa shape index (κ1) is 21.2. The third-order valence-corrected chi connectivity index (χ3v) is 4.86. The molecule has 1 aliphatic heterocycles. The van der Waals surface area contributed by atoms with Crippen LogP contribution in [-0.2, 0) is 17.7 Å². The van der Waals surface area contributed by atoms with Crippen molar-refractivity contribution in [1.82, 2.24) is 15.0 Å². The lowest BCUT2D eigenvalue weighted by atomic mass is 10.1. The van der Waals surface area contributed by atoms with E-state index in [0.717, 1.165) is 23.1 Å². The van der Waals surface area contributed by atoms with Crippen molar-refractivity contribution in [3.05, 3.63) is 51.8 Å². The molecule has 3 rings (SSSR count). The van der Waals surface area contributed by atoms with Crippen LogP contribution in [0.5, 0.6) is 5.75 Å². The van der Waals surface area contributed by atoms with Crippen LogP contribution in [0.15, 0.2) is 29.2 Å². The molecule has 10 heteroatoms. The number of aryl methyl sites for hydroxylation is 1. The van der Waals surface area contributed by atoms with Gasteiger partial charge in [-0.1, -0.05) is 19.4 Å². The average molecular weight is 408 g/mol. The molecule has 1 fully saturated rings. The van der Waals surface area contributed by atoms with Crippen molar-refractivity contribution in [3.63, 3.8) is 0 Å². The molecule has 9 nitrogen and oxygen atoms in total. The van der Waals surface area contributed by atoms with Crippen LogP contribution in [-0.4, -0.2) is 55.4 Å². The fraction of sp³-hybridized carbons (Fsp3) is 0.474. The molecule has 1 aliphatic rings. The Bertz CT molecular complexity index is 893. The number of anilines is 1. The van der Waals surface area contributed by atoms with Crippen molar-refractivity contribution < 1.29 is 24.5 Å². The molecule has 0 unspecified atom stereocenters. The molecule has 1 aromatic heterocycles. The van der Waals surface area contributed by atoms with Crippen molar-refractivity contribution >= 4 is 5.82 Å². The fourth-order valence-corrected chi connectivity index (χ4v) is 3.42. The number of nitrogens with zero attached hydrogens (tertiary/aromatic N) is 2. The molecule has 3 atom stereocenters. The summed E-state index contributed by atoms with van der Waals surface area (Å²) in [6, 6.07) is 3.07. The number of hydrogen-bond donors (Lipinski definition) is 5. The van der Waals surface area contributed by atoms with Gasteiger partial charge in [-0.15, -0.1) is 0 Å². The van der Waals surface area contributed by atoms with E-state index in [-0.39, 0.29) is 30.9 Å². The maximum absolute atomic E-state index is 14.0. The van der Waals surface area contributed by atoms with Gasteiger partial charge in [0.1, 0.15) is 29.7 Å². The van der Waals surface area contributed by atoms with Gasteiger partial charge in [-0.05, 0) is 12.5 Å². The Labute approximate surface area is 166 Å². The van der Waals surface area contributed by atoms with Crippen molar-refractivity contribution in [2.24, 2.45) is 0 Å². The summed E-state index contributed by atoms with van der Waals surface area (Å²) in [5.74, 6) is -0.451. The summed E-state index contributed by atoms with van der Waals surface area (Å²) < 4.78 is 19.7. The van der Waals surface area contributed by atoms with Crippen molar-refractivity contribution in [2.45, 2.75) is 51.1 Å². The van der Waals surface area contributed by atoms with Gasteiger partial charge in [0.25, 0.3) is 0 Å². The molecular weight excluding hydrogens is 383 g/mol. The second-order valence-corrected chi connectivity index (χ2v) is 7.00. The number of phenolic OH excluding ortho intramolecular Hbond substituents is 1. The van der Waals surface area contributed by atoms with Gasteiger partial charge in [0, 0.05) is 29.8 Å². The summed E-state index contributed by atoms with van der Waals surface area (Å²) in [7, 11) is 0. The SMILES string of the molecule is CCCc1c[nH]c(=O)nc1N[C@H]1C[C@H](N(O)Cc2ccc(O)cc2F)[C@@H](CO)O1. The van der Waals surface area contributed by atoms with Crippen LogP contribution in [0.3, 0.4) is 0 Å². The molecule has 2 heterocycles. The van der Waals surface area contributed by atoms with E-state index in [1.54, 1.807) is 6.20 Å². The molecule has 0 amide bonds. The quantitative estimate of drug-likeness (QED) is 0.414. The van der Waals surface area contributed by atoms with Crippen LogP contribution in [0.25, 0.3) is 0 Å². The Balaban J connectivity index is 1.71. The highest BCUT2D eigenvalue weighted by Gasteiger charge is 2.39. The third-order valence-electron chi connectivity index (χ3n) is 4.86. The predicted molar refractivity (Wildman–Crippen MR) is 102 cm³/mol. The normalized spacial score (nSPS) is 21.6. The van der Waals surface area contributed by atoms with E-state index in [4.69, 9.17) is 4.74 Å². The number of halogens is 1. The highest BCUT2D eigenvalue weighted by molar-refractivity contribution is 5.43. The van der Waals surface area contributed by atoms with Crippen molar-refractivity contribution in [1.29, 1.82) is 0 Å². The zero-order valence-electron chi connectivity index (χ0n) is 16.0. The minimum Gasteiger partial charge on any atom is -0.508 e. The van der Waals surface area contributed by atoms with Gasteiger partial charge >= 0.3 is 5.69 Å². The second kappa shape index (κ2) is 9.31. The summed E-state index contributed by atoms with van der Waals surface area (Å²) in [4.78, 5) is 18.1. The summed E-state index contributed by atoms with van der Waals surface area (Å²) in [6.45, 7) is 1.52. The van der Waals surface area contributed by atoms with Gasteiger partial charge in [0.05, 0.1) is 19.2 Å². The molecule has 0 aliphatic carbocycles. The fourth-order valence-electron chi connectivity index (χ4n) is 3.42. The number of aliphatic hydroxyl groups is 1. The molecule has 158 valence electrons. The van der Waals surface area contributed by atoms with E-state index >= 15 is 0 Å². The van der Waals surface area contributed by atoms with Crippen LogP contribution in [0.4, 0.5) is 10.2 Å². The minimum absolute atomic E-state index is 0.145. The average Bonchev–Trinajstić information content (AvgIpc) is 3.09. The van der Waals surface area contributed by atoms with Crippen LogP contribution < -0.4 is 11.0 Å². The smallest absolute Gasteiger partial charge is 0.346 e. The zero-order chi connectivity index (χ0) is 21.0. The minimum atomic E-state index is -0.714. The Morgan fingerprint density at radius 2 is 2.21 bits per heavy atom. The number of hydrogen-bond acceptors (Lipinski definition) is 8. The highest BCUT2D eigenvalue weighted by atomic mass is 19.1. The highest BCUT2D eigenvalue weighted by Crippen LogP contribution is 2.27. The van der Waals surface area contributed by atoms with Crippen molar-refractivity contribution in [3.8, 4) is 5.75 Å². The Morgan fingerprint density at radius 1 is 1.41 bits per heavy atom. The van der Waals surface area contributed by atoms with Crippen LogP contribution >= 0.6 is 0 Å². The monoisotopic (exact) mass is 408 g/mol. The molecule has 2 aromatic rings. The number of aromatic hydroxyl groups is 1. The number of ether oxygens (including phenoxy) is 1. The number of nitrogens with one attached hydrogen (secondary N) is 2. The Kier molecular flexibility index (Phi) is 6.80. The number of benzene rings is 1. The lowest BCUT2D eigenvalue weighted by molar-refractivity contribution is -0.154. The number of rotatable bonds is 8. The molecule has 1 saturated heterocycles. The number of phenols is 1. The molecule has 0 radical (unpaired) electrons. The number of aliphatic hydroxyl groups excluding tert-OH is 1. The van der Waals surface area contributed by atoms with E-state index in [1.165, 1.54) is 12.1 Å². The summed E-state index contributed by atoms with van der Waals surface area (Å²) >= 11 is 0. The largest absolute Gasteiger partial charge is 0.508 e. The molecule has 1 aromatic carbocycles. The van der Waals surface area contributed by atoms with E-state index in [1.807, 2.05) is 6.92 Å².